The van der Waals surface area contributed by atoms with Gasteiger partial charge in [0, 0.05) is 12.6 Å². The Labute approximate surface area is 118 Å². The first-order chi connectivity index (χ1) is 9.74. The van der Waals surface area contributed by atoms with Gasteiger partial charge in [0.2, 0.25) is 0 Å². The molecular formula is C15H20N2O3. The zero-order valence-electron chi connectivity index (χ0n) is 11.4. The van der Waals surface area contributed by atoms with Crippen molar-refractivity contribution < 1.29 is 14.6 Å². The zero-order chi connectivity index (χ0) is 13.9. The lowest BCUT2D eigenvalue weighted by Crippen LogP contribution is -2.61. The van der Waals surface area contributed by atoms with Crippen LogP contribution in [0.25, 0.3) is 0 Å². The summed E-state index contributed by atoms with van der Waals surface area (Å²) in [5, 5.41) is 12.8. The van der Waals surface area contributed by atoms with Gasteiger partial charge in [0.25, 0.3) is 0 Å². The monoisotopic (exact) mass is 276 g/mol. The van der Waals surface area contributed by atoms with Gasteiger partial charge in [-0.2, -0.15) is 0 Å². The first-order valence-corrected chi connectivity index (χ1v) is 7.10. The molecule has 3 atom stereocenters. The molecule has 0 spiro atoms. The first-order valence-electron chi connectivity index (χ1n) is 7.10. The summed E-state index contributed by atoms with van der Waals surface area (Å²) in [7, 11) is 0. The summed E-state index contributed by atoms with van der Waals surface area (Å²) in [4.78, 5) is 12.9. The number of carbonyl (C=O) groups is 1. The van der Waals surface area contributed by atoms with Gasteiger partial charge in [-0.15, -0.1) is 0 Å². The molecule has 2 saturated heterocycles. The molecule has 0 aromatic heterocycles. The molecule has 2 N–H and O–H groups in total. The van der Waals surface area contributed by atoms with Gasteiger partial charge in [0.1, 0.15) is 0 Å². The smallest absolute Gasteiger partial charge is 0.407 e. The van der Waals surface area contributed by atoms with Crippen LogP contribution in [-0.2, 0) is 11.3 Å². The van der Waals surface area contributed by atoms with E-state index >= 15 is 0 Å². The highest BCUT2D eigenvalue weighted by atomic mass is 16.5. The van der Waals surface area contributed by atoms with Gasteiger partial charge in [-0.05, 0) is 18.4 Å². The number of hydrogen-bond donors (Lipinski definition) is 2. The van der Waals surface area contributed by atoms with Gasteiger partial charge in [-0.25, -0.2) is 4.79 Å². The first kappa shape index (κ1) is 13.4. The van der Waals surface area contributed by atoms with Gasteiger partial charge >= 0.3 is 6.09 Å². The number of benzene rings is 1. The van der Waals surface area contributed by atoms with Crippen LogP contribution in [-0.4, -0.2) is 47.4 Å². The zero-order valence-corrected chi connectivity index (χ0v) is 11.4. The van der Waals surface area contributed by atoms with Crippen molar-refractivity contribution in [1.82, 2.24) is 10.2 Å². The SMILES string of the molecule is O=C(O)N1[C@@H]2COC[C@H]1C[C@@H](NCc1ccccc1)C2. The predicted octanol–water partition coefficient (Wildman–Crippen LogP) is 1.69. The van der Waals surface area contributed by atoms with Crippen LogP contribution < -0.4 is 5.32 Å². The van der Waals surface area contributed by atoms with Crippen molar-refractivity contribution in [3.8, 4) is 0 Å². The maximum atomic E-state index is 11.3. The second-order valence-corrected chi connectivity index (χ2v) is 5.57. The summed E-state index contributed by atoms with van der Waals surface area (Å²) in [6.45, 7) is 1.87. The molecule has 3 rings (SSSR count). The molecule has 0 radical (unpaired) electrons. The van der Waals surface area contributed by atoms with Crippen molar-refractivity contribution >= 4 is 6.09 Å². The number of rotatable bonds is 3. The second-order valence-electron chi connectivity index (χ2n) is 5.57. The van der Waals surface area contributed by atoms with Gasteiger partial charge in [0.05, 0.1) is 25.3 Å². The number of morpholine rings is 1. The molecule has 0 aliphatic carbocycles. The molecule has 2 heterocycles. The summed E-state index contributed by atoms with van der Waals surface area (Å²) >= 11 is 0. The highest BCUT2D eigenvalue weighted by Gasteiger charge is 2.41. The molecular weight excluding hydrogens is 256 g/mol. The van der Waals surface area contributed by atoms with E-state index in [0.717, 1.165) is 19.4 Å². The Hall–Kier alpha value is -1.59. The topological polar surface area (TPSA) is 61.8 Å². The summed E-state index contributed by atoms with van der Waals surface area (Å²) in [6, 6.07) is 10.6. The highest BCUT2D eigenvalue weighted by molar-refractivity contribution is 5.66. The minimum Gasteiger partial charge on any atom is -0.465 e. The standard InChI is InChI=1S/C15H20N2O3/c18-15(19)17-13-6-12(7-14(17)10-20-9-13)16-8-11-4-2-1-3-5-11/h1-5,12-14,16H,6-10H2,(H,18,19)/t12-,13-,14+. The number of ether oxygens (including phenoxy) is 1. The van der Waals surface area contributed by atoms with E-state index in [4.69, 9.17) is 4.74 Å². The second kappa shape index (κ2) is 5.81. The van der Waals surface area contributed by atoms with Crippen molar-refractivity contribution in [2.24, 2.45) is 0 Å². The van der Waals surface area contributed by atoms with Crippen LogP contribution in [0.3, 0.4) is 0 Å². The average Bonchev–Trinajstić information content (AvgIpc) is 2.45. The van der Waals surface area contributed by atoms with Gasteiger partial charge < -0.3 is 15.2 Å². The minimum absolute atomic E-state index is 0.00623. The lowest BCUT2D eigenvalue weighted by molar-refractivity contribution is -0.0670. The number of piperidine rings is 1. The third-order valence-electron chi connectivity index (χ3n) is 4.18. The summed E-state index contributed by atoms with van der Waals surface area (Å²) in [5.41, 5.74) is 1.26. The van der Waals surface area contributed by atoms with E-state index in [1.165, 1.54) is 5.56 Å². The third kappa shape index (κ3) is 2.78. The van der Waals surface area contributed by atoms with E-state index in [2.05, 4.69) is 17.4 Å². The van der Waals surface area contributed by atoms with Crippen molar-refractivity contribution in [1.29, 1.82) is 0 Å². The maximum absolute atomic E-state index is 11.3. The van der Waals surface area contributed by atoms with E-state index in [1.54, 1.807) is 4.90 Å². The molecule has 1 aromatic rings. The summed E-state index contributed by atoms with van der Waals surface area (Å²) < 4.78 is 5.50. The number of hydrogen-bond acceptors (Lipinski definition) is 3. The molecule has 0 unspecified atom stereocenters. The van der Waals surface area contributed by atoms with Crippen molar-refractivity contribution in [3.63, 3.8) is 0 Å². The molecule has 1 amide bonds. The summed E-state index contributed by atoms with van der Waals surface area (Å²) in [5.74, 6) is 0. The molecule has 5 nitrogen and oxygen atoms in total. The summed E-state index contributed by atoms with van der Waals surface area (Å²) in [6.07, 6.45) is 0.843. The van der Waals surface area contributed by atoms with Gasteiger partial charge in [0.15, 0.2) is 0 Å². The molecule has 1 aromatic carbocycles. The molecule has 2 bridgehead atoms. The fraction of sp³-hybridized carbons (Fsp3) is 0.533. The van der Waals surface area contributed by atoms with Crippen molar-refractivity contribution in [2.45, 2.75) is 37.5 Å². The normalized spacial score (nSPS) is 29.2. The molecule has 2 aliphatic heterocycles. The third-order valence-corrected chi connectivity index (χ3v) is 4.18. The van der Waals surface area contributed by atoms with E-state index in [9.17, 15) is 9.90 Å². The number of nitrogens with one attached hydrogen (secondary N) is 1. The van der Waals surface area contributed by atoms with Crippen LogP contribution in [0.4, 0.5) is 4.79 Å². The Balaban J connectivity index is 1.59. The van der Waals surface area contributed by atoms with Gasteiger partial charge in [-0.1, -0.05) is 30.3 Å². The quantitative estimate of drug-likeness (QED) is 0.882. The average molecular weight is 276 g/mol. The number of carboxylic acid groups (broad SMARTS) is 1. The fourth-order valence-electron chi connectivity index (χ4n) is 3.25. The van der Waals surface area contributed by atoms with Crippen LogP contribution in [0, 0.1) is 0 Å². The van der Waals surface area contributed by atoms with Crippen LogP contribution in [0.2, 0.25) is 0 Å². The number of nitrogens with zero attached hydrogens (tertiary/aromatic N) is 1. The van der Waals surface area contributed by atoms with E-state index in [1.807, 2.05) is 18.2 Å². The lowest BCUT2D eigenvalue weighted by Gasteiger charge is -2.47. The van der Waals surface area contributed by atoms with Crippen LogP contribution >= 0.6 is 0 Å². The molecule has 108 valence electrons. The Bertz CT molecular complexity index is 451. The predicted molar refractivity (Wildman–Crippen MR) is 74.6 cm³/mol. The number of amides is 1. The molecule has 2 fully saturated rings. The van der Waals surface area contributed by atoms with E-state index in [-0.39, 0.29) is 12.1 Å². The fourth-order valence-corrected chi connectivity index (χ4v) is 3.25. The minimum atomic E-state index is -0.815. The highest BCUT2D eigenvalue weighted by Crippen LogP contribution is 2.28. The van der Waals surface area contributed by atoms with E-state index in [0.29, 0.717) is 19.3 Å². The van der Waals surface area contributed by atoms with Gasteiger partial charge in [-0.3, -0.25) is 4.90 Å². The Morgan fingerprint density at radius 1 is 1.25 bits per heavy atom. The molecule has 20 heavy (non-hydrogen) atoms. The Morgan fingerprint density at radius 2 is 1.90 bits per heavy atom. The van der Waals surface area contributed by atoms with Crippen molar-refractivity contribution in [2.75, 3.05) is 13.2 Å². The molecule has 0 saturated carbocycles. The van der Waals surface area contributed by atoms with Crippen molar-refractivity contribution in [3.05, 3.63) is 35.9 Å². The molecule has 5 heteroatoms. The lowest BCUT2D eigenvalue weighted by atomic mass is 9.90. The van der Waals surface area contributed by atoms with Crippen LogP contribution in [0.1, 0.15) is 18.4 Å². The maximum Gasteiger partial charge on any atom is 0.407 e. The van der Waals surface area contributed by atoms with Crippen LogP contribution in [0.15, 0.2) is 30.3 Å². The van der Waals surface area contributed by atoms with Crippen LogP contribution in [0.5, 0.6) is 0 Å². The molecule has 2 aliphatic rings. The van der Waals surface area contributed by atoms with E-state index < -0.39 is 6.09 Å². The largest absolute Gasteiger partial charge is 0.465 e. The number of fused-ring (bicyclic) bond motifs is 2. The Kier molecular flexibility index (Phi) is 3.89. The Morgan fingerprint density at radius 3 is 2.50 bits per heavy atom.